The standard InChI is InChI=1S/3C2H4.2Na.H3O3P/c3*1-2;;;1-4(2)3/h3*1-2H2;;;4H,(H2,1,2,3)/q;;;2*+1;/p-2. The molecule has 62 valence electrons. The van der Waals surface area contributed by atoms with Gasteiger partial charge in [-0.25, -0.2) is 0 Å². The second-order valence-electron chi connectivity index (χ2n) is 0.250. The van der Waals surface area contributed by atoms with Gasteiger partial charge in [0.2, 0.25) is 0 Å². The van der Waals surface area contributed by atoms with Crippen LogP contribution in [-0.2, 0) is 4.57 Å². The maximum absolute atomic E-state index is 8.52. The minimum absolute atomic E-state index is 0. The van der Waals surface area contributed by atoms with Crippen LogP contribution in [0.2, 0.25) is 0 Å². The van der Waals surface area contributed by atoms with Crippen molar-refractivity contribution >= 4 is 8.25 Å². The molecule has 0 fully saturated rings. The van der Waals surface area contributed by atoms with Crippen molar-refractivity contribution in [1.29, 1.82) is 0 Å². The first-order chi connectivity index (χ1) is 4.73. The van der Waals surface area contributed by atoms with E-state index in [-0.39, 0.29) is 59.1 Å². The van der Waals surface area contributed by atoms with Crippen molar-refractivity contribution in [2.24, 2.45) is 0 Å². The molecule has 3 nitrogen and oxygen atoms in total. The van der Waals surface area contributed by atoms with Crippen LogP contribution >= 0.6 is 8.25 Å². The Hall–Kier alpha value is 1.37. The van der Waals surface area contributed by atoms with Crippen molar-refractivity contribution < 1.29 is 73.5 Å². The number of rotatable bonds is 0. The third-order valence-electron chi connectivity index (χ3n) is 0. The molecule has 0 radical (unpaired) electrons. The average molecular weight is 210 g/mol. The first kappa shape index (κ1) is 37.7. The Labute approximate surface area is 120 Å². The normalized spacial score (nSPS) is 3.92. The van der Waals surface area contributed by atoms with Crippen molar-refractivity contribution in [1.82, 2.24) is 0 Å². The third-order valence-corrected chi connectivity index (χ3v) is 0. The Kier molecular flexibility index (Phi) is 263. The fourth-order valence-electron chi connectivity index (χ4n) is 0. The molecule has 0 aliphatic heterocycles. The van der Waals surface area contributed by atoms with Crippen LogP contribution in [0.15, 0.2) is 39.5 Å². The molecule has 0 amide bonds. The van der Waals surface area contributed by atoms with Crippen molar-refractivity contribution in [2.75, 3.05) is 0 Å². The van der Waals surface area contributed by atoms with E-state index >= 15 is 0 Å². The molecular formula is C6H13Na2O3P. The maximum atomic E-state index is 8.52. The Bertz CT molecular complexity index is 65.1. The molecule has 0 rings (SSSR count). The molecule has 12 heavy (non-hydrogen) atoms. The van der Waals surface area contributed by atoms with Crippen molar-refractivity contribution in [3.8, 4) is 0 Å². The molecular weight excluding hydrogens is 197 g/mol. The second-order valence-corrected chi connectivity index (χ2v) is 0.750. The van der Waals surface area contributed by atoms with E-state index in [1.54, 1.807) is 0 Å². The summed E-state index contributed by atoms with van der Waals surface area (Å²) in [5.41, 5.74) is 0. The van der Waals surface area contributed by atoms with Gasteiger partial charge in [-0.2, -0.15) is 0 Å². The van der Waals surface area contributed by atoms with Gasteiger partial charge in [0.25, 0.3) is 0 Å². The third kappa shape index (κ3) is 651. The Morgan fingerprint density at radius 1 is 0.750 bits per heavy atom. The summed E-state index contributed by atoms with van der Waals surface area (Å²) in [6, 6.07) is 0. The summed E-state index contributed by atoms with van der Waals surface area (Å²) >= 11 is 0. The summed E-state index contributed by atoms with van der Waals surface area (Å²) < 4.78 is 8.52. The smallest absolute Gasteiger partial charge is 0.813 e. The van der Waals surface area contributed by atoms with E-state index in [0.717, 1.165) is 0 Å². The van der Waals surface area contributed by atoms with Gasteiger partial charge in [0, 0.05) is 0 Å². The van der Waals surface area contributed by atoms with E-state index in [1.807, 2.05) is 0 Å². The summed E-state index contributed by atoms with van der Waals surface area (Å²) in [5, 5.41) is 0. The summed E-state index contributed by atoms with van der Waals surface area (Å²) in [6.07, 6.45) is 0. The van der Waals surface area contributed by atoms with E-state index in [1.165, 1.54) is 0 Å². The average Bonchev–Trinajstić information content (AvgIpc) is 1.98. The zero-order valence-corrected chi connectivity index (χ0v) is 13.0. The fourth-order valence-corrected chi connectivity index (χ4v) is 0. The minimum Gasteiger partial charge on any atom is -0.813 e. The molecule has 0 saturated carbocycles. The van der Waals surface area contributed by atoms with E-state index in [9.17, 15) is 0 Å². The predicted octanol–water partition coefficient (Wildman–Crippen LogP) is -5.49. The molecule has 6 heteroatoms. The Morgan fingerprint density at radius 3 is 0.750 bits per heavy atom. The molecule has 0 aliphatic carbocycles. The van der Waals surface area contributed by atoms with Crippen LogP contribution in [0.1, 0.15) is 0 Å². The predicted molar refractivity (Wildman–Crippen MR) is 42.8 cm³/mol. The van der Waals surface area contributed by atoms with Gasteiger partial charge in [-0.05, 0) is 0 Å². The summed E-state index contributed by atoms with van der Waals surface area (Å²) in [7, 11) is -3.63. The van der Waals surface area contributed by atoms with Crippen LogP contribution in [0.3, 0.4) is 0 Å². The van der Waals surface area contributed by atoms with Gasteiger partial charge in [0.1, 0.15) is 0 Å². The van der Waals surface area contributed by atoms with Crippen LogP contribution in [0.5, 0.6) is 0 Å². The van der Waals surface area contributed by atoms with Crippen LogP contribution < -0.4 is 68.9 Å². The Balaban J connectivity index is -0.0000000101. The van der Waals surface area contributed by atoms with Crippen molar-refractivity contribution in [3.05, 3.63) is 39.5 Å². The quantitative estimate of drug-likeness (QED) is 0.227. The molecule has 0 N–H and O–H groups in total. The molecule has 0 aromatic carbocycles. The largest absolute Gasteiger partial charge is 1.00 e. The first-order valence-electron chi connectivity index (χ1n) is 2.11. The first-order valence-corrected chi connectivity index (χ1v) is 3.34. The van der Waals surface area contributed by atoms with E-state index in [0.29, 0.717) is 0 Å². The van der Waals surface area contributed by atoms with Gasteiger partial charge < -0.3 is 14.4 Å². The molecule has 0 bridgehead atoms. The van der Waals surface area contributed by atoms with Gasteiger partial charge >= 0.3 is 59.1 Å². The van der Waals surface area contributed by atoms with Crippen molar-refractivity contribution in [3.63, 3.8) is 0 Å². The van der Waals surface area contributed by atoms with Crippen LogP contribution in [0, 0.1) is 0 Å². The second kappa shape index (κ2) is 83.7. The van der Waals surface area contributed by atoms with Crippen LogP contribution in [0.4, 0.5) is 0 Å². The zero-order chi connectivity index (χ0) is 9.58. The van der Waals surface area contributed by atoms with Crippen molar-refractivity contribution in [2.45, 2.75) is 0 Å². The molecule has 0 aliphatic rings. The Morgan fingerprint density at radius 2 is 0.750 bits per heavy atom. The number of hydrogen-bond acceptors (Lipinski definition) is 3. The van der Waals surface area contributed by atoms with Gasteiger partial charge in [0.05, 0.1) is 0 Å². The SMILES string of the molecule is C=C.C=C.C=C.O=[PH]([O-])[O-].[Na+].[Na+]. The molecule has 0 saturated heterocycles. The van der Waals surface area contributed by atoms with Gasteiger partial charge in [0.15, 0.2) is 0 Å². The van der Waals surface area contributed by atoms with Crippen LogP contribution in [0.25, 0.3) is 0 Å². The summed E-state index contributed by atoms with van der Waals surface area (Å²) in [6.45, 7) is 18.0. The monoisotopic (exact) mass is 210 g/mol. The summed E-state index contributed by atoms with van der Waals surface area (Å²) in [4.78, 5) is 17.0. The molecule has 0 atom stereocenters. The van der Waals surface area contributed by atoms with E-state index in [4.69, 9.17) is 14.4 Å². The molecule has 0 spiro atoms. The van der Waals surface area contributed by atoms with E-state index in [2.05, 4.69) is 39.5 Å². The van der Waals surface area contributed by atoms with E-state index < -0.39 is 8.25 Å². The zero-order valence-electron chi connectivity index (χ0n) is 7.97. The van der Waals surface area contributed by atoms with Gasteiger partial charge in [-0.15, -0.1) is 39.5 Å². The molecule has 0 aromatic heterocycles. The number of hydrogen-bond donors (Lipinski definition) is 0. The minimum atomic E-state index is -3.63. The maximum Gasteiger partial charge on any atom is 1.00 e. The summed E-state index contributed by atoms with van der Waals surface area (Å²) in [5.74, 6) is 0. The fraction of sp³-hybridized carbons (Fsp3) is 0. The molecule has 0 heterocycles. The van der Waals surface area contributed by atoms with Gasteiger partial charge in [-0.1, -0.05) is 8.25 Å². The topological polar surface area (TPSA) is 63.2 Å². The molecule has 0 unspecified atom stereocenters. The molecule has 0 aromatic rings. The van der Waals surface area contributed by atoms with Crippen LogP contribution in [-0.4, -0.2) is 0 Å². The van der Waals surface area contributed by atoms with Gasteiger partial charge in [-0.3, -0.25) is 0 Å².